The van der Waals surface area contributed by atoms with Crippen molar-refractivity contribution in [2.75, 3.05) is 12.8 Å². The first-order chi connectivity index (χ1) is 5.74. The molecule has 3 unspecified atom stereocenters. The van der Waals surface area contributed by atoms with E-state index in [-0.39, 0.29) is 0 Å². The number of rotatable bonds is 3. The standard InChI is InChI=1S/C8H18N2OS/c1-12(11)10-8-5-3-2-4-7(8)6-9/h7-8,10H,2-6,9H2,1H3. The van der Waals surface area contributed by atoms with Gasteiger partial charge in [0.1, 0.15) is 0 Å². The molecule has 3 nitrogen and oxygen atoms in total. The van der Waals surface area contributed by atoms with Gasteiger partial charge < -0.3 is 5.73 Å². The highest BCUT2D eigenvalue weighted by atomic mass is 32.2. The third-order valence-corrected chi connectivity index (χ3v) is 3.16. The lowest BCUT2D eigenvalue weighted by Crippen LogP contribution is -2.42. The minimum absolute atomic E-state index is 0.384. The van der Waals surface area contributed by atoms with Crippen molar-refractivity contribution in [2.24, 2.45) is 11.7 Å². The van der Waals surface area contributed by atoms with Crippen LogP contribution in [0.5, 0.6) is 0 Å². The molecule has 3 atom stereocenters. The first-order valence-electron chi connectivity index (χ1n) is 4.53. The van der Waals surface area contributed by atoms with Crippen molar-refractivity contribution in [2.45, 2.75) is 31.7 Å². The van der Waals surface area contributed by atoms with Gasteiger partial charge in [-0.3, -0.25) is 0 Å². The van der Waals surface area contributed by atoms with Crippen molar-refractivity contribution in [3.8, 4) is 0 Å². The molecule has 1 rings (SSSR count). The predicted octanol–water partition coefficient (Wildman–Crippen LogP) is 0.387. The molecule has 72 valence electrons. The van der Waals surface area contributed by atoms with E-state index in [0.717, 1.165) is 13.0 Å². The van der Waals surface area contributed by atoms with E-state index >= 15 is 0 Å². The summed E-state index contributed by atoms with van der Waals surface area (Å²) in [5.74, 6) is 0.530. The van der Waals surface area contributed by atoms with Crippen molar-refractivity contribution in [1.29, 1.82) is 0 Å². The fraction of sp³-hybridized carbons (Fsp3) is 1.00. The molecule has 4 heteroatoms. The maximum absolute atomic E-state index is 10.9. The van der Waals surface area contributed by atoms with Gasteiger partial charge in [-0.1, -0.05) is 12.8 Å². The molecule has 0 aromatic rings. The number of hydrogen-bond acceptors (Lipinski definition) is 2. The van der Waals surface area contributed by atoms with Gasteiger partial charge in [-0.05, 0) is 25.3 Å². The lowest BCUT2D eigenvalue weighted by Gasteiger charge is -2.30. The molecule has 0 saturated heterocycles. The molecule has 12 heavy (non-hydrogen) atoms. The van der Waals surface area contributed by atoms with Gasteiger partial charge in [0.2, 0.25) is 0 Å². The van der Waals surface area contributed by atoms with E-state index in [1.807, 2.05) is 0 Å². The van der Waals surface area contributed by atoms with Crippen LogP contribution in [-0.4, -0.2) is 23.1 Å². The van der Waals surface area contributed by atoms with E-state index in [1.165, 1.54) is 19.3 Å². The minimum Gasteiger partial charge on any atom is -0.330 e. The molecule has 0 radical (unpaired) electrons. The Hall–Kier alpha value is 0.0700. The summed E-state index contributed by atoms with van der Waals surface area (Å²) < 4.78 is 14.0. The Kier molecular flexibility index (Phi) is 4.18. The minimum atomic E-state index is -0.891. The first-order valence-corrected chi connectivity index (χ1v) is 6.09. The normalized spacial score (nSPS) is 33.2. The molecule has 0 bridgehead atoms. The highest BCUT2D eigenvalue weighted by Crippen LogP contribution is 2.23. The second-order valence-corrected chi connectivity index (χ2v) is 4.60. The van der Waals surface area contributed by atoms with Crippen LogP contribution in [0.1, 0.15) is 25.7 Å². The van der Waals surface area contributed by atoms with Crippen LogP contribution >= 0.6 is 0 Å². The zero-order valence-electron chi connectivity index (χ0n) is 7.58. The number of nitrogens with two attached hydrogens (primary N) is 1. The van der Waals surface area contributed by atoms with Gasteiger partial charge in [0.25, 0.3) is 0 Å². The van der Waals surface area contributed by atoms with Gasteiger partial charge in [-0.25, -0.2) is 8.93 Å². The van der Waals surface area contributed by atoms with E-state index in [4.69, 9.17) is 5.73 Å². The van der Waals surface area contributed by atoms with Gasteiger partial charge in [0, 0.05) is 12.3 Å². The van der Waals surface area contributed by atoms with Gasteiger partial charge in [0.05, 0.1) is 11.0 Å². The highest BCUT2D eigenvalue weighted by molar-refractivity contribution is 7.82. The molecule has 1 fully saturated rings. The molecule has 1 aliphatic carbocycles. The van der Waals surface area contributed by atoms with E-state index in [9.17, 15) is 4.21 Å². The SMILES string of the molecule is CS(=O)NC1CCCCC1CN. The third kappa shape index (κ3) is 2.84. The predicted molar refractivity (Wildman–Crippen MR) is 52.0 cm³/mol. The molecule has 0 spiro atoms. The molecule has 0 aromatic carbocycles. The first kappa shape index (κ1) is 10.2. The molecule has 0 aliphatic heterocycles. The summed E-state index contributed by atoms with van der Waals surface area (Å²) in [6.45, 7) is 0.717. The van der Waals surface area contributed by atoms with Crippen LogP contribution in [0.15, 0.2) is 0 Å². The van der Waals surface area contributed by atoms with Crippen molar-refractivity contribution < 1.29 is 4.21 Å². The summed E-state index contributed by atoms with van der Waals surface area (Å²) in [7, 11) is -0.891. The van der Waals surface area contributed by atoms with Gasteiger partial charge in [-0.2, -0.15) is 0 Å². The fourth-order valence-corrected chi connectivity index (χ4v) is 2.59. The summed E-state index contributed by atoms with van der Waals surface area (Å²) in [6.07, 6.45) is 6.51. The number of nitrogens with one attached hydrogen (secondary N) is 1. The largest absolute Gasteiger partial charge is 0.330 e. The second-order valence-electron chi connectivity index (χ2n) is 3.46. The van der Waals surface area contributed by atoms with E-state index in [2.05, 4.69) is 4.72 Å². The van der Waals surface area contributed by atoms with Crippen molar-refractivity contribution in [1.82, 2.24) is 4.72 Å². The lowest BCUT2D eigenvalue weighted by atomic mass is 9.85. The Labute approximate surface area is 76.7 Å². The average molecular weight is 190 g/mol. The molecule has 0 heterocycles. The maximum atomic E-state index is 10.9. The molecule has 3 N–H and O–H groups in total. The van der Waals surface area contributed by atoms with Gasteiger partial charge in [0.15, 0.2) is 0 Å². The molecule has 1 saturated carbocycles. The monoisotopic (exact) mass is 190 g/mol. The van der Waals surface area contributed by atoms with E-state index in [1.54, 1.807) is 6.26 Å². The molecule has 1 aliphatic rings. The quantitative estimate of drug-likeness (QED) is 0.676. The maximum Gasteiger partial charge on any atom is 0.0886 e. The van der Waals surface area contributed by atoms with Crippen molar-refractivity contribution >= 4 is 11.0 Å². The Morgan fingerprint density at radius 1 is 1.50 bits per heavy atom. The van der Waals surface area contributed by atoms with Crippen molar-refractivity contribution in [3.05, 3.63) is 0 Å². The summed E-state index contributed by atoms with van der Waals surface area (Å²) in [6, 6.07) is 0.384. The lowest BCUT2D eigenvalue weighted by molar-refractivity contribution is 0.299. The Bertz CT molecular complexity index is 163. The summed E-state index contributed by atoms with van der Waals surface area (Å²) >= 11 is 0. The van der Waals surface area contributed by atoms with E-state index < -0.39 is 11.0 Å². The van der Waals surface area contributed by atoms with Crippen LogP contribution in [0.2, 0.25) is 0 Å². The van der Waals surface area contributed by atoms with E-state index in [0.29, 0.717) is 12.0 Å². The summed E-state index contributed by atoms with van der Waals surface area (Å²) in [4.78, 5) is 0. The highest BCUT2D eigenvalue weighted by Gasteiger charge is 2.23. The zero-order valence-corrected chi connectivity index (χ0v) is 8.40. The van der Waals surface area contributed by atoms with Crippen LogP contribution < -0.4 is 10.5 Å². The average Bonchev–Trinajstić information content (AvgIpc) is 2.04. The third-order valence-electron chi connectivity index (χ3n) is 2.53. The molecule has 0 aromatic heterocycles. The second kappa shape index (κ2) is 4.94. The van der Waals surface area contributed by atoms with Gasteiger partial charge in [-0.15, -0.1) is 0 Å². The van der Waals surface area contributed by atoms with Crippen LogP contribution in [0.3, 0.4) is 0 Å². The summed E-state index contributed by atoms with van der Waals surface area (Å²) in [5.41, 5.74) is 5.63. The smallest absolute Gasteiger partial charge is 0.0886 e. The van der Waals surface area contributed by atoms with Crippen LogP contribution in [-0.2, 0) is 11.0 Å². The Morgan fingerprint density at radius 3 is 2.75 bits per heavy atom. The van der Waals surface area contributed by atoms with Crippen LogP contribution in [0, 0.1) is 5.92 Å². The Morgan fingerprint density at radius 2 is 2.17 bits per heavy atom. The topological polar surface area (TPSA) is 55.1 Å². The molecular weight excluding hydrogens is 172 g/mol. The summed E-state index contributed by atoms with van der Waals surface area (Å²) in [5, 5.41) is 0. The molecule has 0 amide bonds. The van der Waals surface area contributed by atoms with Crippen LogP contribution in [0.25, 0.3) is 0 Å². The zero-order chi connectivity index (χ0) is 8.97. The fourth-order valence-electron chi connectivity index (χ4n) is 1.86. The Balaban J connectivity index is 2.41. The molecular formula is C8H18N2OS. The van der Waals surface area contributed by atoms with Crippen molar-refractivity contribution in [3.63, 3.8) is 0 Å². The van der Waals surface area contributed by atoms with Crippen LogP contribution in [0.4, 0.5) is 0 Å². The van der Waals surface area contributed by atoms with Gasteiger partial charge >= 0.3 is 0 Å². The number of hydrogen-bond donors (Lipinski definition) is 2.